The van der Waals surface area contributed by atoms with E-state index < -0.39 is 0 Å². The Labute approximate surface area is 164 Å². The predicted octanol–water partition coefficient (Wildman–Crippen LogP) is 3.46. The molecule has 4 nitrogen and oxygen atoms in total. The Hall–Kier alpha value is -0.541. The number of rotatable bonds is 6. The normalized spacial score (nSPS) is 20.0. The molecule has 0 aromatic heterocycles. The van der Waals surface area contributed by atoms with Gasteiger partial charge in [0.25, 0.3) is 0 Å². The summed E-state index contributed by atoms with van der Waals surface area (Å²) in [6, 6.07) is 0. The van der Waals surface area contributed by atoms with Crippen LogP contribution in [0.2, 0.25) is 0 Å². The van der Waals surface area contributed by atoms with Gasteiger partial charge in [-0.05, 0) is 64.2 Å². The van der Waals surface area contributed by atoms with Crippen LogP contribution >= 0.6 is 0 Å². The van der Waals surface area contributed by atoms with E-state index in [1.54, 1.807) is 0 Å². The number of ether oxygens (including phenoxy) is 2. The number of esters is 2. The van der Waals surface area contributed by atoms with Crippen molar-refractivity contribution in [3.8, 4) is 0 Å². The second-order valence-corrected chi connectivity index (χ2v) is 5.45. The van der Waals surface area contributed by atoms with Crippen LogP contribution in [-0.4, -0.2) is 24.1 Å². The molecule has 0 heterocycles. The zero-order valence-electron chi connectivity index (χ0n) is 15.2. The zero-order chi connectivity index (χ0) is 17.9. The average molecular weight is 386 g/mol. The van der Waals surface area contributed by atoms with Crippen LogP contribution < -0.4 is 0 Å². The third-order valence-corrected chi connectivity index (χ3v) is 3.48. The fourth-order valence-corrected chi connectivity index (χ4v) is 2.38. The Bertz CT molecular complexity index is 338. The second-order valence-electron chi connectivity index (χ2n) is 5.45. The van der Waals surface area contributed by atoms with Crippen molar-refractivity contribution in [3.05, 3.63) is 63.2 Å². The van der Waals surface area contributed by atoms with E-state index in [0.29, 0.717) is 0 Å². The molecule has 0 saturated heterocycles. The first-order valence-corrected chi connectivity index (χ1v) is 8.25. The molecule has 5 heteroatoms. The summed E-state index contributed by atoms with van der Waals surface area (Å²) < 4.78 is 10.2. The van der Waals surface area contributed by atoms with E-state index in [0.717, 1.165) is 24.7 Å². The number of carbonyl (C=O) groups is 2. The summed E-state index contributed by atoms with van der Waals surface area (Å²) in [5.74, 6) is 1.71. The van der Waals surface area contributed by atoms with Crippen LogP contribution in [0.5, 0.6) is 0 Å². The van der Waals surface area contributed by atoms with Crippen molar-refractivity contribution >= 4 is 11.9 Å². The minimum absolute atomic E-state index is 0. The monoisotopic (exact) mass is 386 g/mol. The molecule has 0 aromatic carbocycles. The van der Waals surface area contributed by atoms with Gasteiger partial charge >= 0.3 is 11.9 Å². The van der Waals surface area contributed by atoms with Gasteiger partial charge in [-0.1, -0.05) is 13.8 Å². The topological polar surface area (TPSA) is 52.6 Å². The second kappa shape index (κ2) is 13.6. The summed E-state index contributed by atoms with van der Waals surface area (Å²) in [5, 5.41) is 0. The van der Waals surface area contributed by atoms with Gasteiger partial charge in [-0.15, -0.1) is 0 Å². The Morgan fingerprint density at radius 1 is 0.760 bits per heavy atom. The van der Waals surface area contributed by atoms with Crippen LogP contribution in [0, 0.1) is 63.2 Å². The fourth-order valence-electron chi connectivity index (χ4n) is 2.38. The first kappa shape index (κ1) is 24.5. The van der Waals surface area contributed by atoms with Crippen molar-refractivity contribution < 1.29 is 36.1 Å². The van der Waals surface area contributed by atoms with Crippen molar-refractivity contribution in [1.29, 1.82) is 0 Å². The summed E-state index contributed by atoms with van der Waals surface area (Å²) in [5.41, 5.74) is 0. The van der Waals surface area contributed by atoms with E-state index in [2.05, 4.69) is 0 Å². The van der Waals surface area contributed by atoms with Gasteiger partial charge in [-0.3, -0.25) is 9.59 Å². The van der Waals surface area contributed by atoms with E-state index in [9.17, 15) is 9.59 Å². The fraction of sp³-hybridized carbons (Fsp3) is 0.400. The molecule has 0 spiro atoms. The Kier molecular flexibility index (Phi) is 13.3. The number of hydrogen-bond acceptors (Lipinski definition) is 4. The van der Waals surface area contributed by atoms with Gasteiger partial charge in [0.05, 0.1) is 0 Å². The molecule has 2 rings (SSSR count). The van der Waals surface area contributed by atoms with Crippen LogP contribution in [0.25, 0.3) is 0 Å². The summed E-state index contributed by atoms with van der Waals surface area (Å²) in [6.45, 7) is 6.87. The zero-order valence-corrected chi connectivity index (χ0v) is 16.3. The van der Waals surface area contributed by atoms with Crippen molar-refractivity contribution in [1.82, 2.24) is 0 Å². The van der Waals surface area contributed by atoms with Crippen molar-refractivity contribution in [2.45, 2.75) is 52.7 Å². The summed E-state index contributed by atoms with van der Waals surface area (Å²) in [4.78, 5) is 21.4. The molecule has 2 saturated carbocycles. The Morgan fingerprint density at radius 3 is 1.24 bits per heavy atom. The molecular weight excluding hydrogens is 360 g/mol. The molecule has 10 radical (unpaired) electrons. The quantitative estimate of drug-likeness (QED) is 0.518. The standard InChI is InChI=1S/2C10H13O2.Fe/c2*1-3-10(12-8(2)11)9-6-4-5-7-9;/h2*4-7,10H,3H2,1-2H3;/t2*10-;/m11./s1. The van der Waals surface area contributed by atoms with E-state index >= 15 is 0 Å². The molecule has 0 aliphatic heterocycles. The Balaban J connectivity index is 0.000000443. The van der Waals surface area contributed by atoms with Gasteiger partial charge in [-0.25, -0.2) is 0 Å². The summed E-state index contributed by atoms with van der Waals surface area (Å²) in [7, 11) is 0. The van der Waals surface area contributed by atoms with Gasteiger partial charge in [-0.2, -0.15) is 0 Å². The minimum Gasteiger partial charge on any atom is -0.462 e. The molecule has 0 aromatic rings. The van der Waals surface area contributed by atoms with Gasteiger partial charge in [0, 0.05) is 42.8 Å². The van der Waals surface area contributed by atoms with E-state index in [4.69, 9.17) is 9.47 Å². The van der Waals surface area contributed by atoms with Crippen LogP contribution in [-0.2, 0) is 36.1 Å². The molecule has 0 N–H and O–H groups in total. The molecule has 2 atom stereocenters. The van der Waals surface area contributed by atoms with E-state index in [1.165, 1.54) is 13.8 Å². The van der Waals surface area contributed by atoms with Crippen molar-refractivity contribution in [2.24, 2.45) is 0 Å². The molecule has 0 unspecified atom stereocenters. The third-order valence-electron chi connectivity index (χ3n) is 3.48. The van der Waals surface area contributed by atoms with Crippen LogP contribution in [0.4, 0.5) is 0 Å². The maximum atomic E-state index is 10.7. The molecule has 2 fully saturated rings. The van der Waals surface area contributed by atoms with Crippen molar-refractivity contribution in [2.75, 3.05) is 0 Å². The van der Waals surface area contributed by atoms with Crippen molar-refractivity contribution in [3.63, 3.8) is 0 Å². The first-order chi connectivity index (χ1) is 11.5. The average Bonchev–Trinajstić information content (AvgIpc) is 3.23. The Morgan fingerprint density at radius 2 is 1.04 bits per heavy atom. The van der Waals surface area contributed by atoms with Gasteiger partial charge in [0.2, 0.25) is 0 Å². The van der Waals surface area contributed by atoms with Crippen LogP contribution in [0.1, 0.15) is 40.5 Å². The molecular formula is C20H26FeO4. The number of hydrogen-bond donors (Lipinski definition) is 0. The predicted molar refractivity (Wildman–Crippen MR) is 92.6 cm³/mol. The maximum Gasteiger partial charge on any atom is 0.302 e. The third kappa shape index (κ3) is 9.65. The number of carbonyl (C=O) groups excluding carboxylic acids is 2. The molecule has 138 valence electrons. The largest absolute Gasteiger partial charge is 0.462 e. The maximum absolute atomic E-state index is 10.7. The van der Waals surface area contributed by atoms with Gasteiger partial charge < -0.3 is 9.47 Å². The summed E-state index contributed by atoms with van der Waals surface area (Å²) in [6.07, 6.45) is 17.2. The van der Waals surface area contributed by atoms with Crippen LogP contribution in [0.3, 0.4) is 0 Å². The van der Waals surface area contributed by atoms with Crippen LogP contribution in [0.15, 0.2) is 0 Å². The molecule has 25 heavy (non-hydrogen) atoms. The summed E-state index contributed by atoms with van der Waals surface area (Å²) >= 11 is 0. The van der Waals surface area contributed by atoms with Gasteiger partial charge in [0.1, 0.15) is 12.2 Å². The molecule has 0 bridgehead atoms. The smallest absolute Gasteiger partial charge is 0.302 e. The van der Waals surface area contributed by atoms with E-state index in [-0.39, 0.29) is 41.2 Å². The molecule has 2 aliphatic carbocycles. The van der Waals surface area contributed by atoms with E-state index in [1.807, 2.05) is 65.2 Å². The SMILES string of the molecule is CC[C@@H](OC(C)=O)[C]1[CH][CH][CH][CH]1.CC[C@@H](OC(C)=O)[C]1[CH][CH][CH][CH]1.[Fe]. The van der Waals surface area contributed by atoms with Gasteiger partial charge in [0.15, 0.2) is 0 Å². The first-order valence-electron chi connectivity index (χ1n) is 8.25. The molecule has 2 aliphatic rings. The molecule has 0 amide bonds. The minimum atomic E-state index is -0.219.